The van der Waals surface area contributed by atoms with Gasteiger partial charge >= 0.3 is 0 Å². The summed E-state index contributed by atoms with van der Waals surface area (Å²) in [6.07, 6.45) is 0. The number of rotatable bonds is 2. The van der Waals surface area contributed by atoms with Gasteiger partial charge in [0.2, 0.25) is 0 Å². The second-order valence-corrected chi connectivity index (χ2v) is 6.99. The Balaban J connectivity index is 1.55. The summed E-state index contributed by atoms with van der Waals surface area (Å²) in [6, 6.07) is 13.8. The lowest BCUT2D eigenvalue weighted by Crippen LogP contribution is -2.52. The first kappa shape index (κ1) is 17.8. The molecule has 1 saturated heterocycles. The van der Waals surface area contributed by atoms with E-state index in [1.165, 1.54) is 6.07 Å². The minimum absolute atomic E-state index is 0.220. The minimum Gasteiger partial charge on any atom is -0.366 e. The van der Waals surface area contributed by atoms with Gasteiger partial charge in [-0.05, 0) is 48.6 Å². The van der Waals surface area contributed by atoms with E-state index in [4.69, 9.17) is 12.2 Å². The number of thiocarbonyl (C=S) groups is 1. The molecule has 4 nitrogen and oxygen atoms in total. The third-order valence-electron chi connectivity index (χ3n) is 4.09. The molecule has 1 aliphatic heterocycles. The van der Waals surface area contributed by atoms with Crippen molar-refractivity contribution in [1.29, 1.82) is 0 Å². The van der Waals surface area contributed by atoms with Crippen LogP contribution in [0.3, 0.4) is 0 Å². The molecule has 3 rings (SSSR count). The molecule has 2 aromatic carbocycles. The molecular formula is C18H17BrFN3OS. The highest BCUT2D eigenvalue weighted by molar-refractivity contribution is 9.10. The summed E-state index contributed by atoms with van der Waals surface area (Å²) in [5.41, 5.74) is 1.16. The van der Waals surface area contributed by atoms with Gasteiger partial charge in [-0.1, -0.05) is 28.1 Å². The van der Waals surface area contributed by atoms with Gasteiger partial charge in [0.05, 0.1) is 5.69 Å². The van der Waals surface area contributed by atoms with E-state index >= 15 is 0 Å². The molecule has 1 amide bonds. The summed E-state index contributed by atoms with van der Waals surface area (Å²) in [5.74, 6) is -0.448. The number of carbonyl (C=O) groups is 1. The normalized spacial score (nSPS) is 14.3. The van der Waals surface area contributed by atoms with Crippen molar-refractivity contribution >= 4 is 44.9 Å². The van der Waals surface area contributed by atoms with Crippen LogP contribution in [-0.2, 0) is 0 Å². The fourth-order valence-corrected chi connectivity index (χ4v) is 3.25. The predicted molar refractivity (Wildman–Crippen MR) is 104 cm³/mol. The molecule has 7 heteroatoms. The summed E-state index contributed by atoms with van der Waals surface area (Å²) in [6.45, 7) is 2.56. The second kappa shape index (κ2) is 7.93. The summed E-state index contributed by atoms with van der Waals surface area (Å²) >= 11 is 8.69. The third-order valence-corrected chi connectivity index (χ3v) is 4.98. The highest BCUT2D eigenvalue weighted by atomic mass is 79.9. The zero-order valence-corrected chi connectivity index (χ0v) is 15.8. The fourth-order valence-electron chi connectivity index (χ4n) is 2.71. The molecule has 0 aliphatic carbocycles. The van der Waals surface area contributed by atoms with Gasteiger partial charge in [-0.3, -0.25) is 10.1 Å². The Hall–Kier alpha value is -1.99. The van der Waals surface area contributed by atoms with Crippen LogP contribution in [0.25, 0.3) is 0 Å². The van der Waals surface area contributed by atoms with Crippen LogP contribution in [0, 0.1) is 5.82 Å². The number of anilines is 1. The highest BCUT2D eigenvalue weighted by Crippen LogP contribution is 2.20. The number of nitrogens with one attached hydrogen (secondary N) is 1. The van der Waals surface area contributed by atoms with Crippen LogP contribution in [0.4, 0.5) is 10.1 Å². The molecule has 1 heterocycles. The van der Waals surface area contributed by atoms with Crippen LogP contribution in [-0.4, -0.2) is 42.1 Å². The second-order valence-electron chi connectivity index (χ2n) is 5.69. The Morgan fingerprint density at radius 2 is 1.68 bits per heavy atom. The molecular weight excluding hydrogens is 405 g/mol. The Labute approximate surface area is 159 Å². The van der Waals surface area contributed by atoms with E-state index in [9.17, 15) is 9.18 Å². The lowest BCUT2D eigenvalue weighted by atomic mass is 10.2. The van der Waals surface area contributed by atoms with Gasteiger partial charge in [-0.2, -0.15) is 0 Å². The van der Waals surface area contributed by atoms with Crippen molar-refractivity contribution < 1.29 is 9.18 Å². The van der Waals surface area contributed by atoms with Crippen molar-refractivity contribution in [2.75, 3.05) is 31.1 Å². The van der Waals surface area contributed by atoms with Crippen LogP contribution in [0.5, 0.6) is 0 Å². The molecule has 0 spiro atoms. The molecule has 0 aromatic heterocycles. The van der Waals surface area contributed by atoms with Gasteiger partial charge in [0, 0.05) is 36.2 Å². The zero-order chi connectivity index (χ0) is 17.8. The SMILES string of the molecule is O=C(NC(=S)N1CCN(c2ccccc2F)CC1)c1ccc(Br)cc1. The first-order chi connectivity index (χ1) is 12.0. The number of carbonyl (C=O) groups excluding carboxylic acids is 1. The van der Waals surface area contributed by atoms with Crippen LogP contribution >= 0.6 is 28.1 Å². The van der Waals surface area contributed by atoms with Crippen molar-refractivity contribution in [3.63, 3.8) is 0 Å². The van der Waals surface area contributed by atoms with Crippen LogP contribution in [0.2, 0.25) is 0 Å². The number of piperazine rings is 1. The largest absolute Gasteiger partial charge is 0.366 e. The quantitative estimate of drug-likeness (QED) is 0.753. The average molecular weight is 422 g/mol. The summed E-state index contributed by atoms with van der Waals surface area (Å²) in [5, 5.41) is 3.17. The Morgan fingerprint density at radius 1 is 1.04 bits per heavy atom. The molecule has 2 aromatic rings. The standard InChI is InChI=1S/C18H17BrFN3OS/c19-14-7-5-13(6-8-14)17(24)21-18(25)23-11-9-22(10-12-23)16-4-2-1-3-15(16)20/h1-8H,9-12H2,(H,21,24,25). The monoisotopic (exact) mass is 421 g/mol. The van der Waals surface area contributed by atoms with Crippen molar-refractivity contribution in [2.24, 2.45) is 0 Å². The van der Waals surface area contributed by atoms with Gasteiger partial charge in [0.15, 0.2) is 5.11 Å². The minimum atomic E-state index is -0.228. The number of hydrogen-bond acceptors (Lipinski definition) is 3. The predicted octanol–water partition coefficient (Wildman–Crippen LogP) is 3.43. The molecule has 0 unspecified atom stereocenters. The van der Waals surface area contributed by atoms with E-state index in [0.717, 1.165) is 4.47 Å². The average Bonchev–Trinajstić information content (AvgIpc) is 2.63. The topological polar surface area (TPSA) is 35.6 Å². The van der Waals surface area contributed by atoms with Gasteiger partial charge < -0.3 is 9.80 Å². The van der Waals surface area contributed by atoms with E-state index < -0.39 is 0 Å². The molecule has 0 saturated carbocycles. The molecule has 1 fully saturated rings. The summed E-state index contributed by atoms with van der Waals surface area (Å²) < 4.78 is 14.8. The van der Waals surface area contributed by atoms with E-state index in [0.29, 0.717) is 42.5 Å². The Morgan fingerprint density at radius 3 is 2.32 bits per heavy atom. The summed E-state index contributed by atoms with van der Waals surface area (Å²) in [4.78, 5) is 16.2. The van der Waals surface area contributed by atoms with E-state index in [2.05, 4.69) is 21.2 Å². The van der Waals surface area contributed by atoms with Gasteiger partial charge in [0.25, 0.3) is 5.91 Å². The number of amides is 1. The first-order valence-electron chi connectivity index (χ1n) is 7.90. The lowest BCUT2D eigenvalue weighted by Gasteiger charge is -2.37. The third kappa shape index (κ3) is 4.35. The highest BCUT2D eigenvalue weighted by Gasteiger charge is 2.22. The number of nitrogens with zero attached hydrogens (tertiary/aromatic N) is 2. The zero-order valence-electron chi connectivity index (χ0n) is 13.4. The van der Waals surface area contributed by atoms with Crippen LogP contribution in [0.1, 0.15) is 10.4 Å². The van der Waals surface area contributed by atoms with Gasteiger partial charge in [0.1, 0.15) is 5.82 Å². The molecule has 0 atom stereocenters. The smallest absolute Gasteiger partial charge is 0.257 e. The Bertz CT molecular complexity index is 776. The number of halogens is 2. The van der Waals surface area contributed by atoms with E-state index in [1.54, 1.807) is 24.3 Å². The fraction of sp³-hybridized carbons (Fsp3) is 0.222. The molecule has 1 aliphatic rings. The Kier molecular flexibility index (Phi) is 5.65. The molecule has 130 valence electrons. The van der Waals surface area contributed by atoms with Crippen molar-refractivity contribution in [3.8, 4) is 0 Å². The number of hydrogen-bond donors (Lipinski definition) is 1. The van der Waals surface area contributed by atoms with Gasteiger partial charge in [-0.15, -0.1) is 0 Å². The molecule has 25 heavy (non-hydrogen) atoms. The first-order valence-corrected chi connectivity index (χ1v) is 9.10. The summed E-state index contributed by atoms with van der Waals surface area (Å²) in [7, 11) is 0. The van der Waals surface area contributed by atoms with Crippen LogP contribution in [0.15, 0.2) is 53.0 Å². The maximum absolute atomic E-state index is 13.9. The number of benzene rings is 2. The molecule has 0 radical (unpaired) electrons. The van der Waals surface area contributed by atoms with E-state index in [-0.39, 0.29) is 11.7 Å². The number of para-hydroxylation sites is 1. The molecule has 0 bridgehead atoms. The van der Waals surface area contributed by atoms with Crippen molar-refractivity contribution in [3.05, 3.63) is 64.4 Å². The van der Waals surface area contributed by atoms with Crippen LogP contribution < -0.4 is 10.2 Å². The van der Waals surface area contributed by atoms with E-state index in [1.807, 2.05) is 28.0 Å². The van der Waals surface area contributed by atoms with Crippen molar-refractivity contribution in [2.45, 2.75) is 0 Å². The van der Waals surface area contributed by atoms with Crippen molar-refractivity contribution in [1.82, 2.24) is 10.2 Å². The maximum atomic E-state index is 13.9. The molecule has 1 N–H and O–H groups in total. The lowest BCUT2D eigenvalue weighted by molar-refractivity contribution is 0.0973. The van der Waals surface area contributed by atoms with Gasteiger partial charge in [-0.25, -0.2) is 4.39 Å². The maximum Gasteiger partial charge on any atom is 0.257 e.